The van der Waals surface area contributed by atoms with Gasteiger partial charge in [-0.1, -0.05) is 0 Å². The summed E-state index contributed by atoms with van der Waals surface area (Å²) in [5.41, 5.74) is 1.93. The summed E-state index contributed by atoms with van der Waals surface area (Å²) in [4.78, 5) is 13.0. The fourth-order valence-corrected chi connectivity index (χ4v) is 3.75. The third-order valence-corrected chi connectivity index (χ3v) is 6.31. The molecule has 0 bridgehead atoms. The van der Waals surface area contributed by atoms with Crippen molar-refractivity contribution in [1.82, 2.24) is 0 Å². The zero-order chi connectivity index (χ0) is 16.1. The van der Waals surface area contributed by atoms with Gasteiger partial charge in [0.1, 0.15) is 0 Å². The molecule has 0 aliphatic heterocycles. The quantitative estimate of drug-likeness (QED) is 0.296. The van der Waals surface area contributed by atoms with E-state index in [2.05, 4.69) is 0 Å². The van der Waals surface area contributed by atoms with Crippen LogP contribution in [0.25, 0.3) is 0 Å². The number of carbonyl (C=O) groups is 1. The van der Waals surface area contributed by atoms with Crippen molar-refractivity contribution in [3.05, 3.63) is 102 Å². The normalized spacial score (nSPS) is 10.5. The monoisotopic (exact) mass is 530 g/mol. The van der Waals surface area contributed by atoms with Gasteiger partial charge in [0.15, 0.2) is 0 Å². The molecular formula is C20H18O2Sn2. The van der Waals surface area contributed by atoms with E-state index in [0.29, 0.717) is 28.3 Å². The Hall–Kier alpha value is -1.27. The maximum atomic E-state index is 13.0. The Kier molecular flexibility index (Phi) is 6.92. The molecule has 4 radical (unpaired) electrons. The molecule has 0 aliphatic carbocycles. The second-order valence-corrected chi connectivity index (χ2v) is 7.71. The molecule has 4 heteroatoms. The van der Waals surface area contributed by atoms with Crippen LogP contribution in [0.15, 0.2) is 91.0 Å². The summed E-state index contributed by atoms with van der Waals surface area (Å²) in [7, 11) is 0. The zero-order valence-electron chi connectivity index (χ0n) is 13.3. The Labute approximate surface area is 172 Å². The van der Waals surface area contributed by atoms with Crippen molar-refractivity contribution < 1.29 is 9.53 Å². The molecule has 0 amide bonds. The molecule has 2 nitrogen and oxygen atoms in total. The molecule has 118 valence electrons. The van der Waals surface area contributed by atoms with Gasteiger partial charge in [0.25, 0.3) is 0 Å². The van der Waals surface area contributed by atoms with Gasteiger partial charge in [-0.05, 0) is 0 Å². The van der Waals surface area contributed by atoms with Gasteiger partial charge < -0.3 is 0 Å². The molecule has 0 aliphatic rings. The number of ether oxygens (including phenoxy) is 1. The van der Waals surface area contributed by atoms with Crippen LogP contribution in [0.1, 0.15) is 11.1 Å². The van der Waals surface area contributed by atoms with E-state index in [1.165, 1.54) is 0 Å². The van der Waals surface area contributed by atoms with Crippen LogP contribution in [0.2, 0.25) is 0 Å². The van der Waals surface area contributed by atoms with Crippen molar-refractivity contribution >= 4 is 52.4 Å². The molecule has 0 spiro atoms. The van der Waals surface area contributed by atoms with Crippen molar-refractivity contribution in [1.29, 1.82) is 0 Å². The molecule has 0 aromatic heterocycles. The SMILES string of the molecule is O=C(Oc1ccccc1)[C]([SnH])(c1ccccc1)c1ccccc1.[SnH2]. The third kappa shape index (κ3) is 4.03. The molecule has 3 rings (SSSR count). The topological polar surface area (TPSA) is 26.3 Å². The van der Waals surface area contributed by atoms with Crippen LogP contribution in [0.3, 0.4) is 0 Å². The molecule has 0 N–H and O–H groups in total. The van der Waals surface area contributed by atoms with Crippen LogP contribution >= 0.6 is 0 Å². The van der Waals surface area contributed by atoms with Gasteiger partial charge in [-0.3, -0.25) is 0 Å². The zero-order valence-corrected chi connectivity index (χ0v) is 20.6. The van der Waals surface area contributed by atoms with Crippen LogP contribution in [-0.4, -0.2) is 52.4 Å². The molecule has 0 unspecified atom stereocenters. The summed E-state index contributed by atoms with van der Waals surface area (Å²) in [6, 6.07) is 28.9. The van der Waals surface area contributed by atoms with Crippen molar-refractivity contribution in [3.63, 3.8) is 0 Å². The van der Waals surface area contributed by atoms with E-state index < -0.39 is 3.43 Å². The van der Waals surface area contributed by atoms with E-state index in [4.69, 9.17) is 4.74 Å². The van der Waals surface area contributed by atoms with Gasteiger partial charge in [-0.2, -0.15) is 0 Å². The van der Waals surface area contributed by atoms with Crippen molar-refractivity contribution in [2.75, 3.05) is 0 Å². The Morgan fingerprint density at radius 1 is 0.708 bits per heavy atom. The molecule has 3 aromatic rings. The number of esters is 1. The van der Waals surface area contributed by atoms with Crippen LogP contribution in [0, 0.1) is 0 Å². The van der Waals surface area contributed by atoms with Crippen molar-refractivity contribution in [2.24, 2.45) is 0 Å². The minimum atomic E-state index is -0.733. The van der Waals surface area contributed by atoms with E-state index in [1.54, 1.807) is 12.1 Å². The van der Waals surface area contributed by atoms with Gasteiger partial charge in [0, 0.05) is 0 Å². The predicted molar refractivity (Wildman–Crippen MR) is 101 cm³/mol. The number of benzene rings is 3. The van der Waals surface area contributed by atoms with Gasteiger partial charge in [0.05, 0.1) is 0 Å². The fraction of sp³-hybridized carbons (Fsp3) is 0.0500. The standard InChI is InChI=1S/C20H15O2.2Sn.3H/c21-20(22-18-14-8-3-9-15-18)19(16-10-4-1-5-11-16)17-12-6-2-7-13-17;;;;;/h1-15H;;;;;. The molecule has 0 atom stereocenters. The van der Waals surface area contributed by atoms with Crippen molar-refractivity contribution in [2.45, 2.75) is 3.43 Å². The summed E-state index contributed by atoms with van der Waals surface area (Å²) < 4.78 is 4.95. The van der Waals surface area contributed by atoms with Crippen LogP contribution < -0.4 is 4.74 Å². The summed E-state index contributed by atoms with van der Waals surface area (Å²) in [5.74, 6) is 0.339. The number of para-hydroxylation sites is 1. The van der Waals surface area contributed by atoms with Crippen LogP contribution in [0.5, 0.6) is 5.75 Å². The third-order valence-electron chi connectivity index (χ3n) is 3.73. The second kappa shape index (κ2) is 8.72. The number of rotatable bonds is 4. The summed E-state index contributed by atoms with van der Waals surface area (Å²) in [5, 5.41) is 0. The average molecular weight is 528 g/mol. The van der Waals surface area contributed by atoms with Gasteiger partial charge in [-0.15, -0.1) is 0 Å². The molecule has 0 heterocycles. The summed E-state index contributed by atoms with van der Waals surface area (Å²) >= 11 is 0.696. The van der Waals surface area contributed by atoms with E-state index in [9.17, 15) is 4.79 Å². The van der Waals surface area contributed by atoms with Gasteiger partial charge in [0.2, 0.25) is 0 Å². The first-order chi connectivity index (χ1) is 11.2. The Morgan fingerprint density at radius 3 is 1.50 bits per heavy atom. The van der Waals surface area contributed by atoms with Gasteiger partial charge >= 0.3 is 173 Å². The Morgan fingerprint density at radius 2 is 1.08 bits per heavy atom. The van der Waals surface area contributed by atoms with E-state index in [1.807, 2.05) is 78.9 Å². The molecule has 3 aromatic carbocycles. The van der Waals surface area contributed by atoms with E-state index >= 15 is 0 Å². The molecular weight excluding hydrogens is 510 g/mol. The molecule has 24 heavy (non-hydrogen) atoms. The molecule has 0 saturated carbocycles. The first-order valence-corrected chi connectivity index (χ1v) is 9.03. The van der Waals surface area contributed by atoms with Crippen LogP contribution in [0.4, 0.5) is 0 Å². The maximum absolute atomic E-state index is 13.0. The van der Waals surface area contributed by atoms with Crippen LogP contribution in [-0.2, 0) is 8.23 Å². The van der Waals surface area contributed by atoms with Crippen molar-refractivity contribution in [3.8, 4) is 5.75 Å². The van der Waals surface area contributed by atoms with Gasteiger partial charge in [-0.25, -0.2) is 0 Å². The number of hydrogen-bond acceptors (Lipinski definition) is 2. The Bertz CT molecular complexity index is 735. The summed E-state index contributed by atoms with van der Waals surface area (Å²) in [6.07, 6.45) is 0. The fourth-order valence-electron chi connectivity index (χ4n) is 2.48. The summed E-state index contributed by atoms with van der Waals surface area (Å²) in [6.45, 7) is 0. The number of hydrogen-bond donors (Lipinski definition) is 0. The Balaban J connectivity index is 0.00000208. The number of carbonyl (C=O) groups excluding carboxylic acids is 1. The molecule has 0 saturated heterocycles. The van der Waals surface area contributed by atoms with E-state index in [-0.39, 0.29) is 29.9 Å². The second-order valence-electron chi connectivity index (χ2n) is 5.24. The first-order valence-electron chi connectivity index (χ1n) is 7.38. The molecule has 0 fully saturated rings. The first kappa shape index (κ1) is 19.1. The predicted octanol–water partition coefficient (Wildman–Crippen LogP) is 2.52. The minimum absolute atomic E-state index is 0. The van der Waals surface area contributed by atoms with E-state index in [0.717, 1.165) is 11.1 Å². The average Bonchev–Trinajstić information content (AvgIpc) is 2.63.